The predicted molar refractivity (Wildman–Crippen MR) is 70.3 cm³/mol. The first-order chi connectivity index (χ1) is 9.06. The lowest BCUT2D eigenvalue weighted by molar-refractivity contribution is 0.0165. The van der Waals surface area contributed by atoms with Crippen LogP contribution >= 0.6 is 11.6 Å². The summed E-state index contributed by atoms with van der Waals surface area (Å²) in [5.41, 5.74) is 2.14. The van der Waals surface area contributed by atoms with Crippen molar-refractivity contribution in [3.05, 3.63) is 29.3 Å². The Morgan fingerprint density at radius 2 is 2.26 bits per heavy atom. The third-order valence-electron chi connectivity index (χ3n) is 3.04. The molecule has 0 spiro atoms. The highest BCUT2D eigenvalue weighted by Gasteiger charge is 2.20. The van der Waals surface area contributed by atoms with Crippen molar-refractivity contribution in [2.24, 2.45) is 0 Å². The van der Waals surface area contributed by atoms with Crippen molar-refractivity contribution in [1.82, 2.24) is 0 Å². The second-order valence-corrected chi connectivity index (χ2v) is 5.25. The Kier molecular flexibility index (Phi) is 4.99. The zero-order valence-electron chi connectivity index (χ0n) is 10.7. The van der Waals surface area contributed by atoms with Gasteiger partial charge in [0.1, 0.15) is 18.5 Å². The van der Waals surface area contributed by atoms with Crippen LogP contribution in [0.2, 0.25) is 0 Å². The predicted octanol–water partition coefficient (Wildman–Crippen LogP) is 3.96. The summed E-state index contributed by atoms with van der Waals surface area (Å²) in [6, 6.07) is 5.87. The summed E-state index contributed by atoms with van der Waals surface area (Å²) in [6.45, 7) is 1.73. The van der Waals surface area contributed by atoms with Crippen LogP contribution in [0.25, 0.3) is 0 Å². The number of alkyl halides is 3. The van der Waals surface area contributed by atoms with Crippen molar-refractivity contribution in [2.75, 3.05) is 13.2 Å². The molecule has 0 bridgehead atoms. The van der Waals surface area contributed by atoms with Gasteiger partial charge in [0.15, 0.2) is 0 Å². The molecule has 1 heterocycles. The Morgan fingerprint density at radius 1 is 1.47 bits per heavy atom. The van der Waals surface area contributed by atoms with Crippen LogP contribution < -0.4 is 4.74 Å². The van der Waals surface area contributed by atoms with Gasteiger partial charge in [0.2, 0.25) is 0 Å². The maximum absolute atomic E-state index is 11.9. The summed E-state index contributed by atoms with van der Waals surface area (Å²) in [5.74, 6) is 0.911. The standard InChI is InChI=1S/C14H17ClF2O2/c1-9-6-11-7-10(2-3-13(11)19-9)12(15)4-5-18-8-14(16)17/h2-3,7,9,12,14H,4-6,8H2,1H3. The van der Waals surface area contributed by atoms with Gasteiger partial charge in [-0.25, -0.2) is 8.78 Å². The van der Waals surface area contributed by atoms with E-state index < -0.39 is 13.0 Å². The van der Waals surface area contributed by atoms with Crippen LogP contribution in [-0.2, 0) is 11.2 Å². The van der Waals surface area contributed by atoms with E-state index in [4.69, 9.17) is 21.1 Å². The number of ether oxygens (including phenoxy) is 2. The van der Waals surface area contributed by atoms with Crippen LogP contribution in [0.15, 0.2) is 18.2 Å². The van der Waals surface area contributed by atoms with Gasteiger partial charge in [-0.05, 0) is 30.5 Å². The van der Waals surface area contributed by atoms with Gasteiger partial charge >= 0.3 is 0 Å². The average Bonchev–Trinajstić information content (AvgIpc) is 2.73. The molecule has 2 rings (SSSR count). The Balaban J connectivity index is 1.86. The first kappa shape index (κ1) is 14.5. The van der Waals surface area contributed by atoms with Crippen molar-refractivity contribution in [3.8, 4) is 5.75 Å². The minimum Gasteiger partial charge on any atom is -0.490 e. The Hall–Kier alpha value is -0.870. The molecule has 0 radical (unpaired) electrons. The molecule has 0 aromatic heterocycles. The fourth-order valence-corrected chi connectivity index (χ4v) is 2.39. The summed E-state index contributed by atoms with van der Waals surface area (Å²) in [5, 5.41) is -0.223. The highest BCUT2D eigenvalue weighted by Crippen LogP contribution is 2.33. The fourth-order valence-electron chi connectivity index (χ4n) is 2.16. The van der Waals surface area contributed by atoms with Crippen molar-refractivity contribution in [3.63, 3.8) is 0 Å². The molecule has 0 aliphatic carbocycles. The monoisotopic (exact) mass is 290 g/mol. The van der Waals surface area contributed by atoms with Crippen molar-refractivity contribution < 1.29 is 18.3 Å². The van der Waals surface area contributed by atoms with Crippen LogP contribution in [-0.4, -0.2) is 25.7 Å². The van der Waals surface area contributed by atoms with E-state index in [-0.39, 0.29) is 18.1 Å². The molecular formula is C14H17ClF2O2. The van der Waals surface area contributed by atoms with E-state index in [9.17, 15) is 8.78 Å². The number of fused-ring (bicyclic) bond motifs is 1. The van der Waals surface area contributed by atoms with E-state index >= 15 is 0 Å². The molecule has 0 saturated heterocycles. The van der Waals surface area contributed by atoms with Gasteiger partial charge in [0.25, 0.3) is 6.43 Å². The molecule has 0 amide bonds. The van der Waals surface area contributed by atoms with Crippen LogP contribution in [0.5, 0.6) is 5.75 Å². The number of benzene rings is 1. The summed E-state index contributed by atoms with van der Waals surface area (Å²) in [7, 11) is 0. The van der Waals surface area contributed by atoms with Gasteiger partial charge in [-0.1, -0.05) is 12.1 Å². The lowest BCUT2D eigenvalue weighted by Crippen LogP contribution is -2.07. The summed E-state index contributed by atoms with van der Waals surface area (Å²) >= 11 is 6.25. The highest BCUT2D eigenvalue weighted by atomic mass is 35.5. The molecule has 0 saturated carbocycles. The maximum Gasteiger partial charge on any atom is 0.261 e. The van der Waals surface area contributed by atoms with Crippen LogP contribution in [0, 0.1) is 0 Å². The van der Waals surface area contributed by atoms with Gasteiger partial charge in [-0.3, -0.25) is 0 Å². The minimum atomic E-state index is -2.42. The summed E-state index contributed by atoms with van der Waals surface area (Å²) in [4.78, 5) is 0. The van der Waals surface area contributed by atoms with E-state index in [1.807, 2.05) is 25.1 Å². The van der Waals surface area contributed by atoms with Gasteiger partial charge in [0.05, 0.1) is 5.38 Å². The SMILES string of the molecule is CC1Cc2cc(C(Cl)CCOCC(F)F)ccc2O1. The Bertz CT molecular complexity index is 426. The maximum atomic E-state index is 11.9. The lowest BCUT2D eigenvalue weighted by atomic mass is 10.0. The minimum absolute atomic E-state index is 0.202. The van der Waals surface area contributed by atoms with E-state index in [1.165, 1.54) is 0 Å². The number of hydrogen-bond donors (Lipinski definition) is 0. The molecule has 106 valence electrons. The first-order valence-corrected chi connectivity index (χ1v) is 6.79. The van der Waals surface area contributed by atoms with Crippen LogP contribution in [0.1, 0.15) is 29.8 Å². The van der Waals surface area contributed by atoms with Gasteiger partial charge in [-0.2, -0.15) is 0 Å². The molecule has 1 aliphatic rings. The number of halogens is 3. The lowest BCUT2D eigenvalue weighted by Gasteiger charge is -2.11. The van der Waals surface area contributed by atoms with E-state index in [1.54, 1.807) is 0 Å². The third kappa shape index (κ3) is 4.05. The Labute approximate surface area is 116 Å². The molecule has 1 aromatic rings. The number of hydrogen-bond acceptors (Lipinski definition) is 2. The zero-order chi connectivity index (χ0) is 13.8. The van der Waals surface area contributed by atoms with E-state index in [0.29, 0.717) is 6.42 Å². The molecular weight excluding hydrogens is 274 g/mol. The molecule has 2 atom stereocenters. The molecule has 5 heteroatoms. The normalized spacial score (nSPS) is 19.3. The highest BCUT2D eigenvalue weighted by molar-refractivity contribution is 6.20. The number of rotatable bonds is 6. The Morgan fingerprint density at radius 3 is 3.00 bits per heavy atom. The van der Waals surface area contributed by atoms with Gasteiger partial charge in [0, 0.05) is 13.0 Å². The third-order valence-corrected chi connectivity index (χ3v) is 3.51. The molecule has 1 aromatic carbocycles. The molecule has 19 heavy (non-hydrogen) atoms. The molecule has 0 fully saturated rings. The smallest absolute Gasteiger partial charge is 0.261 e. The van der Waals surface area contributed by atoms with Gasteiger partial charge in [-0.15, -0.1) is 11.6 Å². The second kappa shape index (κ2) is 6.53. The zero-order valence-corrected chi connectivity index (χ0v) is 11.5. The molecule has 2 unspecified atom stereocenters. The molecule has 1 aliphatic heterocycles. The van der Waals surface area contributed by atoms with Crippen molar-refractivity contribution in [2.45, 2.75) is 37.7 Å². The summed E-state index contributed by atoms with van der Waals surface area (Å²) in [6.07, 6.45) is -0.821. The topological polar surface area (TPSA) is 18.5 Å². The van der Waals surface area contributed by atoms with Crippen molar-refractivity contribution >= 4 is 11.6 Å². The summed E-state index contributed by atoms with van der Waals surface area (Å²) < 4.78 is 34.2. The van der Waals surface area contributed by atoms with Crippen LogP contribution in [0.4, 0.5) is 8.78 Å². The second-order valence-electron chi connectivity index (χ2n) is 4.72. The van der Waals surface area contributed by atoms with E-state index in [2.05, 4.69) is 0 Å². The van der Waals surface area contributed by atoms with Crippen molar-refractivity contribution in [1.29, 1.82) is 0 Å². The fraction of sp³-hybridized carbons (Fsp3) is 0.571. The quantitative estimate of drug-likeness (QED) is 0.583. The van der Waals surface area contributed by atoms with Crippen LogP contribution in [0.3, 0.4) is 0 Å². The van der Waals surface area contributed by atoms with E-state index in [0.717, 1.165) is 23.3 Å². The average molecular weight is 291 g/mol. The molecule has 0 N–H and O–H groups in total. The first-order valence-electron chi connectivity index (χ1n) is 6.35. The van der Waals surface area contributed by atoms with Gasteiger partial charge < -0.3 is 9.47 Å². The molecule has 2 nitrogen and oxygen atoms in total. The largest absolute Gasteiger partial charge is 0.490 e.